The van der Waals surface area contributed by atoms with E-state index >= 15 is 28.8 Å². The van der Waals surface area contributed by atoms with Gasteiger partial charge in [-0.15, -0.1) is 0 Å². The Labute approximate surface area is 816 Å². The number of carbonyl (C=O) groups is 16. The van der Waals surface area contributed by atoms with Crippen LogP contribution in [0.4, 0.5) is 0 Å². The fourth-order valence-corrected chi connectivity index (χ4v) is 16.5. The summed E-state index contributed by atoms with van der Waals surface area (Å²) in [6, 6.07) is 7.69. The highest BCUT2D eigenvalue weighted by Gasteiger charge is 2.41. The van der Waals surface area contributed by atoms with Crippen LogP contribution in [-0.4, -0.2) is 239 Å². The zero-order chi connectivity index (χ0) is 104. The molecule has 140 heavy (non-hydrogen) atoms. The van der Waals surface area contributed by atoms with Gasteiger partial charge in [0.05, 0.1) is 29.7 Å². The number of aromatic hydroxyl groups is 1. The molecule has 0 aliphatic heterocycles. The summed E-state index contributed by atoms with van der Waals surface area (Å²) in [4.78, 5) is 229. The number of carbonyl (C=O) groups excluding carboxylic acids is 16. The molecule has 14 atom stereocenters. The Morgan fingerprint density at radius 2 is 0.586 bits per heavy atom. The Bertz CT molecular complexity index is 5430. The smallest absolute Gasteiger partial charge is 0.243 e. The predicted octanol–water partition coefficient (Wildman–Crippen LogP) is 1.87. The highest BCUT2D eigenvalue weighted by Crippen LogP contribution is 2.28. The first-order valence-electron chi connectivity index (χ1n) is 47.8. The number of phenolic OH excluding ortho intramolecular Hbond substituents is 1. The van der Waals surface area contributed by atoms with Crippen molar-refractivity contribution in [3.8, 4) is 5.75 Å². The third-order valence-electron chi connectivity index (χ3n) is 23.9. The average Bonchev–Trinajstić information content (AvgIpc) is 1.66. The van der Waals surface area contributed by atoms with Crippen molar-refractivity contribution in [1.82, 2.24) is 98.8 Å². The van der Waals surface area contributed by atoms with Crippen molar-refractivity contribution < 1.29 is 102 Å². The number of rotatable bonds is 56. The fourth-order valence-electron chi connectivity index (χ4n) is 16.5. The number of phenols is 1. The van der Waals surface area contributed by atoms with Crippen molar-refractivity contribution in [2.75, 3.05) is 19.7 Å². The summed E-state index contributed by atoms with van der Waals surface area (Å²) < 4.78 is 4.63. The Balaban J connectivity index is 1.13. The molecule has 7 aromatic rings. The monoisotopic (exact) mass is 1950 g/mol. The van der Waals surface area contributed by atoms with Gasteiger partial charge in [0.1, 0.15) is 111 Å². The van der Waals surface area contributed by atoms with Gasteiger partial charge in [0.2, 0.25) is 95.0 Å². The first kappa shape index (κ1) is 114. The molecule has 3 aromatic heterocycles. The molecule has 0 aliphatic carbocycles. The highest BCUT2D eigenvalue weighted by molar-refractivity contribution is 6.02. The molecule has 0 spiro atoms. The zero-order valence-electron chi connectivity index (χ0n) is 83.3. The SMILES string of the molecule is CC(C)C[C@@H](NC(=O)[C@H](C)NC(=O)CNC(=O)[C@@H](NC=O)C(C)C)C(=O)N[C@@H](C)C(=O)N[C@@H](C(=O)N[C@H](C(=O)N[C@@H](C(=O)N[C@@H](Cc1cn(CO)c2ccccc12)C(=O)N[C@H](CC(C)C)C(=O)N[C@@H](Cc1ccc(O)cc1)C(=O)N[C@H](CC(C)C)C(=O)N[C@@H](Cc1cn(CO)c2ccccc12)C(=O)N[C@H](CC(C)C)C(=O)N[C@@H](Cc1cn(CO)c2ccccc12)C(=O)NCCO)C(C)C)C(C)C)C(C)C. The number of nitrogens with one attached hydrogen (secondary N) is 16. The number of hydrogen-bond acceptors (Lipinski definition) is 21. The van der Waals surface area contributed by atoms with Crippen LogP contribution >= 0.6 is 0 Å². The molecule has 40 heteroatoms. The van der Waals surface area contributed by atoms with Gasteiger partial charge in [-0.1, -0.05) is 178 Å². The van der Waals surface area contributed by atoms with E-state index in [4.69, 9.17) is 0 Å². The quantitative estimate of drug-likeness (QED) is 0.0242. The van der Waals surface area contributed by atoms with Gasteiger partial charge in [0.15, 0.2) is 0 Å². The molecular weight excluding hydrogens is 1800 g/mol. The Morgan fingerprint density at radius 1 is 0.300 bits per heavy atom. The number of nitrogens with zero attached hydrogens (tertiary/aromatic N) is 3. The third-order valence-corrected chi connectivity index (χ3v) is 23.9. The van der Waals surface area contributed by atoms with Crippen molar-refractivity contribution in [3.63, 3.8) is 0 Å². The van der Waals surface area contributed by atoms with Gasteiger partial charge in [0, 0.05) is 67.0 Å². The minimum atomic E-state index is -1.59. The van der Waals surface area contributed by atoms with E-state index in [-0.39, 0.29) is 93.3 Å². The first-order valence-corrected chi connectivity index (χ1v) is 47.8. The maximum Gasteiger partial charge on any atom is 0.243 e. The summed E-state index contributed by atoms with van der Waals surface area (Å²) in [5.74, 6) is -15.9. The van der Waals surface area contributed by atoms with Crippen molar-refractivity contribution in [1.29, 1.82) is 0 Å². The van der Waals surface area contributed by atoms with Crippen LogP contribution in [0.1, 0.15) is 173 Å². The predicted molar refractivity (Wildman–Crippen MR) is 525 cm³/mol. The van der Waals surface area contributed by atoms with Gasteiger partial charge >= 0.3 is 0 Å². The average molecular weight is 1950 g/mol. The van der Waals surface area contributed by atoms with E-state index in [2.05, 4.69) is 85.1 Å². The van der Waals surface area contributed by atoms with Crippen molar-refractivity contribution in [2.45, 2.75) is 281 Å². The maximum atomic E-state index is 15.6. The maximum absolute atomic E-state index is 15.6. The fraction of sp³-hybridized carbons (Fsp3) is 0.540. The number of fused-ring (bicyclic) bond motifs is 3. The van der Waals surface area contributed by atoms with Gasteiger partial charge in [-0.3, -0.25) is 76.7 Å². The van der Waals surface area contributed by atoms with E-state index in [0.717, 1.165) is 0 Å². The van der Waals surface area contributed by atoms with Gasteiger partial charge in [-0.05, 0) is 139 Å². The summed E-state index contributed by atoms with van der Waals surface area (Å²) in [7, 11) is 0. The Morgan fingerprint density at radius 3 is 0.921 bits per heavy atom. The van der Waals surface area contributed by atoms with Crippen molar-refractivity contribution in [3.05, 3.63) is 138 Å². The number of aliphatic hydroxyl groups is 4. The largest absolute Gasteiger partial charge is 0.508 e. The molecular formula is C100H145N19O21. The molecule has 16 amide bonds. The molecule has 0 bridgehead atoms. The molecule has 0 saturated carbocycles. The van der Waals surface area contributed by atoms with Crippen molar-refractivity contribution >= 4 is 128 Å². The number of para-hydroxylation sites is 3. The summed E-state index contributed by atoms with van der Waals surface area (Å²) in [6.07, 6.45) is 4.26. The van der Waals surface area contributed by atoms with E-state index < -0.39 is 224 Å². The zero-order valence-corrected chi connectivity index (χ0v) is 83.3. The van der Waals surface area contributed by atoms with Crippen LogP contribution in [0.5, 0.6) is 5.75 Å². The summed E-state index contributed by atoms with van der Waals surface area (Å²) in [5.41, 5.74) is 3.74. The second kappa shape index (κ2) is 54.3. The molecule has 3 heterocycles. The minimum absolute atomic E-state index is 0.0164. The van der Waals surface area contributed by atoms with Crippen LogP contribution < -0.4 is 85.1 Å². The molecule has 4 aromatic carbocycles. The molecule has 40 nitrogen and oxygen atoms in total. The second-order valence-electron chi connectivity index (χ2n) is 38.8. The molecule has 0 aliphatic rings. The molecule has 7 rings (SSSR count). The standard InChI is InChI=1S/C100H145N19O21/c1-53(2)37-71(106-87(127)61(17)104-82(126)45-102-97(137)83(57(9)10)103-49-121)90(130)105-62(18)88(128)114-85(59(13)14)99(139)116-86(60(15)16)100(140)115-84(58(11)12)98(138)113-78(44-66-48-119(52-124)81-30-24-21-27-70(66)81)96(136)109-72(38-54(3)4)91(131)110-75(41-63-31-33-67(125)34-32-63)94(134)107-74(40-56(7)8)93(133)112-77(43-65-47-118(51-123)80-29-23-20-26-69(65)80)95(135)108-73(39-55(5)6)92(132)111-76(89(129)101-35-36-120)42-64-46-117(50-122)79-28-22-19-25-68(64)79/h19-34,46-49,53-62,71-78,83-86,120,122-125H,35-45,50-52H2,1-18H3,(H,101,129)(H,102,137)(H,103,121)(H,104,126)(H,105,130)(H,106,127)(H,107,134)(H,108,135)(H,109,136)(H,110,131)(H,111,132)(H,112,133)(H,113,138)(H,114,128)(H,115,140)(H,116,139)/t61-,62-,71+,72+,73+,74+,75-,76-,77-,78-,83-,84+,85+,86-/m0/s1. The lowest BCUT2D eigenvalue weighted by molar-refractivity contribution is -0.137. The summed E-state index contributed by atoms with van der Waals surface area (Å²) in [5, 5.41) is 96.7. The van der Waals surface area contributed by atoms with Gasteiger partial charge in [0.25, 0.3) is 0 Å². The van der Waals surface area contributed by atoms with E-state index in [1.165, 1.54) is 47.2 Å². The van der Waals surface area contributed by atoms with E-state index in [0.29, 0.717) is 61.4 Å². The summed E-state index contributed by atoms with van der Waals surface area (Å²) in [6.45, 7) is 27.7. The van der Waals surface area contributed by atoms with Gasteiger partial charge in [-0.2, -0.15) is 0 Å². The Hall–Kier alpha value is -13.3. The Kier molecular flexibility index (Phi) is 44.1. The number of benzene rings is 4. The van der Waals surface area contributed by atoms with Crippen LogP contribution in [0.2, 0.25) is 0 Å². The minimum Gasteiger partial charge on any atom is -0.508 e. The first-order chi connectivity index (χ1) is 66.2. The molecule has 766 valence electrons. The number of amides is 16. The lowest BCUT2D eigenvalue weighted by Crippen LogP contribution is -2.62. The van der Waals surface area contributed by atoms with Crippen LogP contribution in [0.25, 0.3) is 32.7 Å². The molecule has 0 saturated heterocycles. The van der Waals surface area contributed by atoms with Crippen LogP contribution in [0.3, 0.4) is 0 Å². The van der Waals surface area contributed by atoms with Crippen LogP contribution in [0, 0.1) is 47.3 Å². The van der Waals surface area contributed by atoms with Crippen molar-refractivity contribution in [2.24, 2.45) is 47.3 Å². The molecule has 0 unspecified atom stereocenters. The normalized spacial score (nSPS) is 14.6. The number of aliphatic hydroxyl groups excluding tert-OH is 4. The van der Waals surface area contributed by atoms with E-state index in [9.17, 15) is 73.5 Å². The topological polar surface area (TPSA) is 582 Å². The summed E-state index contributed by atoms with van der Waals surface area (Å²) >= 11 is 0. The van der Waals surface area contributed by atoms with Gasteiger partial charge < -0.3 is 124 Å². The van der Waals surface area contributed by atoms with Crippen LogP contribution in [-0.2, 0) is 123 Å². The van der Waals surface area contributed by atoms with E-state index in [1.54, 1.807) is 193 Å². The molecule has 0 radical (unpaired) electrons. The lowest BCUT2D eigenvalue weighted by Gasteiger charge is -2.31. The highest BCUT2D eigenvalue weighted by atomic mass is 16.3. The van der Waals surface area contributed by atoms with E-state index in [1.807, 2.05) is 13.8 Å². The van der Waals surface area contributed by atoms with Crippen LogP contribution in [0.15, 0.2) is 116 Å². The lowest BCUT2D eigenvalue weighted by atomic mass is 9.97. The second-order valence-corrected chi connectivity index (χ2v) is 38.8. The number of hydrogen-bond donors (Lipinski definition) is 21. The molecule has 0 fully saturated rings. The molecule has 21 N–H and O–H groups in total. The third kappa shape index (κ3) is 33.2. The van der Waals surface area contributed by atoms with Gasteiger partial charge in [-0.25, -0.2) is 0 Å². The number of aromatic nitrogens is 3.